The van der Waals surface area contributed by atoms with Crippen molar-refractivity contribution >= 4 is 28.6 Å². The lowest BCUT2D eigenvalue weighted by atomic mass is 9.98. The first-order chi connectivity index (χ1) is 22.3. The number of ether oxygens (including phenoxy) is 2. The van der Waals surface area contributed by atoms with Gasteiger partial charge in [-0.2, -0.15) is 13.2 Å². The number of ketones is 1. The predicted octanol–water partition coefficient (Wildman–Crippen LogP) is 7.83. The third kappa shape index (κ3) is 8.84. The topological polar surface area (TPSA) is 107 Å². The molecule has 5 rings (SSSR count). The zero-order valence-electron chi connectivity index (χ0n) is 26.6. The van der Waals surface area contributed by atoms with Gasteiger partial charge in [0.25, 0.3) is 0 Å². The van der Waals surface area contributed by atoms with Crippen LogP contribution in [0.3, 0.4) is 0 Å². The Kier molecular flexibility index (Phi) is 9.78. The fourth-order valence-electron chi connectivity index (χ4n) is 5.34. The van der Waals surface area contributed by atoms with Crippen molar-refractivity contribution in [3.63, 3.8) is 0 Å². The van der Waals surface area contributed by atoms with Crippen molar-refractivity contribution in [2.75, 3.05) is 18.4 Å². The maximum Gasteiger partial charge on any atom is 0.410 e. The van der Waals surface area contributed by atoms with Gasteiger partial charge in [-0.3, -0.25) is 4.79 Å². The number of aryl methyl sites for hydroxylation is 1. The number of rotatable bonds is 8. The second-order valence-electron chi connectivity index (χ2n) is 12.4. The summed E-state index contributed by atoms with van der Waals surface area (Å²) in [7, 11) is 0. The summed E-state index contributed by atoms with van der Waals surface area (Å²) in [6.07, 6.45) is 0.268. The van der Waals surface area contributed by atoms with E-state index in [9.17, 15) is 22.8 Å². The van der Waals surface area contributed by atoms with Gasteiger partial charge in [-0.05, 0) is 81.3 Å². The van der Waals surface area contributed by atoms with Gasteiger partial charge in [0, 0.05) is 49.4 Å². The molecule has 0 radical (unpaired) electrons. The van der Waals surface area contributed by atoms with Crippen LogP contribution in [-0.2, 0) is 16.0 Å². The Morgan fingerprint density at radius 1 is 1.02 bits per heavy atom. The summed E-state index contributed by atoms with van der Waals surface area (Å²) in [5.41, 5.74) is 1.96. The van der Waals surface area contributed by atoms with E-state index in [4.69, 9.17) is 14.5 Å². The SMILES string of the molecule is Cc1ccc2c(CC(=O)/C=C/C(F)(F)F)cccc2c1Oc1ncccc1-c1ccnc(N[C@H]2CCCN(C(=O)OC(C)(C)C)C2)n1. The number of pyridine rings is 1. The van der Waals surface area contributed by atoms with E-state index < -0.39 is 17.6 Å². The molecule has 3 heterocycles. The number of hydrogen-bond acceptors (Lipinski definition) is 8. The summed E-state index contributed by atoms with van der Waals surface area (Å²) in [4.78, 5) is 40.3. The number of carbonyl (C=O) groups excluding carboxylic acids is 2. The number of nitrogens with one attached hydrogen (secondary N) is 1. The lowest BCUT2D eigenvalue weighted by Crippen LogP contribution is -2.47. The highest BCUT2D eigenvalue weighted by Crippen LogP contribution is 2.37. The summed E-state index contributed by atoms with van der Waals surface area (Å²) in [6.45, 7) is 8.46. The van der Waals surface area contributed by atoms with Gasteiger partial charge in [0.05, 0.1) is 11.3 Å². The molecule has 246 valence electrons. The van der Waals surface area contributed by atoms with E-state index in [0.717, 1.165) is 18.4 Å². The minimum atomic E-state index is -4.56. The smallest absolute Gasteiger partial charge is 0.410 e. The zero-order chi connectivity index (χ0) is 33.8. The number of likely N-dealkylation sites (tertiary alicyclic amines) is 1. The second kappa shape index (κ2) is 13.8. The number of piperidine rings is 1. The summed E-state index contributed by atoms with van der Waals surface area (Å²) in [5, 5.41) is 4.72. The summed E-state index contributed by atoms with van der Waals surface area (Å²) >= 11 is 0. The molecule has 0 aliphatic carbocycles. The average molecular weight is 648 g/mol. The number of anilines is 1. The molecule has 47 heavy (non-hydrogen) atoms. The largest absolute Gasteiger partial charge is 0.444 e. The van der Waals surface area contributed by atoms with E-state index in [1.807, 2.05) is 52.0 Å². The Morgan fingerprint density at radius 2 is 1.83 bits per heavy atom. The van der Waals surface area contributed by atoms with Crippen LogP contribution < -0.4 is 10.1 Å². The molecular formula is C35H36F3N5O4. The second-order valence-corrected chi connectivity index (χ2v) is 12.4. The first kappa shape index (κ1) is 33.4. The number of aromatic nitrogens is 3. The molecule has 1 aliphatic heterocycles. The fourth-order valence-corrected chi connectivity index (χ4v) is 5.34. The highest BCUT2D eigenvalue weighted by Gasteiger charge is 2.28. The van der Waals surface area contributed by atoms with Crippen molar-refractivity contribution in [3.05, 3.63) is 84.2 Å². The Morgan fingerprint density at radius 3 is 2.60 bits per heavy atom. The summed E-state index contributed by atoms with van der Waals surface area (Å²) in [6, 6.07) is 14.2. The van der Waals surface area contributed by atoms with E-state index in [1.165, 1.54) is 0 Å². The van der Waals surface area contributed by atoms with Crippen LogP contribution in [0, 0.1) is 6.92 Å². The number of hydrogen-bond donors (Lipinski definition) is 1. The molecule has 1 saturated heterocycles. The minimum absolute atomic E-state index is 0.0519. The van der Waals surface area contributed by atoms with E-state index in [-0.39, 0.29) is 30.5 Å². The number of halogens is 3. The van der Waals surface area contributed by atoms with Crippen molar-refractivity contribution in [2.45, 2.75) is 64.8 Å². The number of alkyl halides is 3. The van der Waals surface area contributed by atoms with Crippen molar-refractivity contribution < 1.29 is 32.2 Å². The highest BCUT2D eigenvalue weighted by molar-refractivity contribution is 5.98. The minimum Gasteiger partial charge on any atom is -0.444 e. The van der Waals surface area contributed by atoms with Gasteiger partial charge in [0.1, 0.15) is 11.4 Å². The monoisotopic (exact) mass is 647 g/mol. The first-order valence-electron chi connectivity index (χ1n) is 15.3. The van der Waals surface area contributed by atoms with Gasteiger partial charge >= 0.3 is 12.3 Å². The van der Waals surface area contributed by atoms with E-state index in [2.05, 4.69) is 15.3 Å². The Balaban J connectivity index is 1.38. The van der Waals surface area contributed by atoms with Crippen molar-refractivity contribution in [2.24, 2.45) is 0 Å². The quantitative estimate of drug-likeness (QED) is 0.193. The van der Waals surface area contributed by atoms with Crippen LogP contribution in [0.2, 0.25) is 0 Å². The molecule has 1 aliphatic rings. The van der Waals surface area contributed by atoms with Gasteiger partial charge in [-0.25, -0.2) is 19.7 Å². The maximum atomic E-state index is 12.6. The van der Waals surface area contributed by atoms with Crippen molar-refractivity contribution in [3.8, 4) is 22.9 Å². The van der Waals surface area contributed by atoms with Crippen LogP contribution in [0.1, 0.15) is 44.7 Å². The van der Waals surface area contributed by atoms with Crippen molar-refractivity contribution in [1.82, 2.24) is 19.9 Å². The normalized spacial score (nSPS) is 15.6. The zero-order valence-corrected chi connectivity index (χ0v) is 26.6. The summed E-state index contributed by atoms with van der Waals surface area (Å²) < 4.78 is 49.8. The number of benzene rings is 2. The van der Waals surface area contributed by atoms with Crippen LogP contribution in [0.5, 0.6) is 11.6 Å². The van der Waals surface area contributed by atoms with E-state index >= 15 is 0 Å². The molecule has 2 aromatic carbocycles. The molecule has 1 fully saturated rings. The third-order valence-electron chi connectivity index (χ3n) is 7.43. The van der Waals surface area contributed by atoms with E-state index in [0.29, 0.717) is 58.5 Å². The van der Waals surface area contributed by atoms with Gasteiger partial charge in [-0.1, -0.05) is 30.3 Å². The van der Waals surface area contributed by atoms with Crippen molar-refractivity contribution in [1.29, 1.82) is 0 Å². The van der Waals surface area contributed by atoms with Crippen LogP contribution in [0.15, 0.2) is 73.1 Å². The first-order valence-corrected chi connectivity index (χ1v) is 15.3. The number of carbonyl (C=O) groups is 2. The highest BCUT2D eigenvalue weighted by atomic mass is 19.4. The number of amides is 1. The van der Waals surface area contributed by atoms with Gasteiger partial charge in [0.15, 0.2) is 5.78 Å². The maximum absolute atomic E-state index is 12.6. The Bertz CT molecular complexity index is 1800. The number of nitrogens with zero attached hydrogens (tertiary/aromatic N) is 4. The van der Waals surface area contributed by atoms with Gasteiger partial charge < -0.3 is 19.7 Å². The molecule has 4 aromatic rings. The average Bonchev–Trinajstić information content (AvgIpc) is 3.01. The van der Waals surface area contributed by atoms with Gasteiger partial charge in [0.2, 0.25) is 11.8 Å². The molecule has 9 nitrogen and oxygen atoms in total. The van der Waals surface area contributed by atoms with Crippen LogP contribution in [0.4, 0.5) is 23.9 Å². The molecule has 0 saturated carbocycles. The Labute approximate surface area is 270 Å². The van der Waals surface area contributed by atoms with Crippen LogP contribution in [0.25, 0.3) is 22.0 Å². The molecule has 1 amide bonds. The molecular weight excluding hydrogens is 611 g/mol. The summed E-state index contributed by atoms with van der Waals surface area (Å²) in [5.74, 6) is 0.517. The lowest BCUT2D eigenvalue weighted by Gasteiger charge is -2.34. The Hall–Kier alpha value is -5.00. The molecule has 2 aromatic heterocycles. The third-order valence-corrected chi connectivity index (χ3v) is 7.43. The standard InChI is InChI=1S/C35H36F3N5O4/c1-22-12-13-26-23(20-25(44)14-16-35(36,37)38)8-5-10-27(26)30(22)46-31-28(11-6-17-39-31)29-15-18-40-32(42-29)41-24-9-7-19-43(21-24)33(45)47-34(2,3)4/h5-6,8,10-18,24H,7,9,19-21H2,1-4H3,(H,40,41,42)/b16-14+/t24-/m0/s1. The molecule has 0 bridgehead atoms. The molecule has 12 heteroatoms. The number of fused-ring (bicyclic) bond motifs is 1. The van der Waals surface area contributed by atoms with Crippen LogP contribution in [-0.4, -0.2) is 62.6 Å². The van der Waals surface area contributed by atoms with Gasteiger partial charge in [-0.15, -0.1) is 0 Å². The van der Waals surface area contributed by atoms with Crippen LogP contribution >= 0.6 is 0 Å². The van der Waals surface area contributed by atoms with E-state index in [1.54, 1.807) is 41.6 Å². The molecule has 0 unspecified atom stereocenters. The predicted molar refractivity (Wildman–Crippen MR) is 172 cm³/mol. The lowest BCUT2D eigenvalue weighted by molar-refractivity contribution is -0.114. The molecule has 1 atom stereocenters. The number of allylic oxidation sites excluding steroid dienone is 2. The molecule has 0 spiro atoms. The molecule has 1 N–H and O–H groups in total. The fraction of sp³-hybridized carbons (Fsp3) is 0.343.